The molecule has 0 saturated carbocycles. The van der Waals surface area contributed by atoms with Gasteiger partial charge in [-0.3, -0.25) is 14.4 Å². The smallest absolute Gasteiger partial charge is 0.251 e. The van der Waals surface area contributed by atoms with Crippen molar-refractivity contribution < 1.29 is 19.1 Å². The fourth-order valence-electron chi connectivity index (χ4n) is 4.06. The Hall–Kier alpha value is -5.40. The summed E-state index contributed by atoms with van der Waals surface area (Å²) in [5.74, 6) is -0.597. The molecule has 5 aromatic rings. The maximum Gasteiger partial charge on any atom is 0.251 e. The van der Waals surface area contributed by atoms with Crippen molar-refractivity contribution in [3.05, 3.63) is 99.8 Å². The topological polar surface area (TPSA) is 170 Å². The molecule has 2 aromatic heterocycles. The molecule has 0 fully saturated rings. The number of carbonyl (C=O) groups excluding carboxylic acids is 3. The summed E-state index contributed by atoms with van der Waals surface area (Å²) in [6, 6.07) is 18.1. The molecule has 1 amide bonds. The van der Waals surface area contributed by atoms with Crippen molar-refractivity contribution in [2.75, 3.05) is 5.73 Å². The first-order chi connectivity index (χ1) is 18.3. The maximum absolute atomic E-state index is 13.4. The summed E-state index contributed by atoms with van der Waals surface area (Å²) in [6.45, 7) is 0. The number of anilines is 1. The third kappa shape index (κ3) is 4.23. The first kappa shape index (κ1) is 24.3. The van der Waals surface area contributed by atoms with E-state index in [-0.39, 0.29) is 27.7 Å². The first-order valence-corrected chi connectivity index (χ1v) is 11.5. The van der Waals surface area contributed by atoms with Crippen molar-refractivity contribution in [1.82, 2.24) is 14.8 Å². The normalized spacial score (nSPS) is 10.7. The average molecular weight is 525 g/mol. The van der Waals surface area contributed by atoms with Crippen molar-refractivity contribution in [1.29, 1.82) is 5.26 Å². The number of nitrogens with zero attached hydrogens (tertiary/aromatic N) is 3. The zero-order valence-corrected chi connectivity index (χ0v) is 20.2. The minimum Gasteiger partial charge on any atom is -0.457 e. The molecular weight excluding hydrogens is 508 g/mol. The largest absolute Gasteiger partial charge is 0.457 e. The van der Waals surface area contributed by atoms with Gasteiger partial charge >= 0.3 is 0 Å². The van der Waals surface area contributed by atoms with E-state index < -0.39 is 11.7 Å². The third-order valence-corrected chi connectivity index (χ3v) is 6.13. The van der Waals surface area contributed by atoms with E-state index in [2.05, 4.69) is 10.1 Å². The molecule has 38 heavy (non-hydrogen) atoms. The number of ether oxygens (including phenoxy) is 1. The molecule has 0 radical (unpaired) electrons. The Balaban J connectivity index is 1.49. The van der Waals surface area contributed by atoms with Crippen molar-refractivity contribution in [3.63, 3.8) is 0 Å². The lowest BCUT2D eigenvalue weighted by atomic mass is 10.0. The van der Waals surface area contributed by atoms with E-state index in [1.165, 1.54) is 16.9 Å². The van der Waals surface area contributed by atoms with Crippen molar-refractivity contribution >= 4 is 46.3 Å². The molecule has 0 aliphatic rings. The third-order valence-electron chi connectivity index (χ3n) is 5.83. The minimum atomic E-state index is -0.840. The van der Waals surface area contributed by atoms with Gasteiger partial charge in [-0.25, -0.2) is 4.68 Å². The number of primary amides is 1. The highest BCUT2D eigenvalue weighted by atomic mass is 35.5. The SMILES string of the molecule is N#Cc1cccc(Oc2ccc(-n3ncc(C(=O)c4[nH]c5ccc(C=O)cc5c4C(N)=O)c3N)c(Cl)c2)c1. The number of aldehydes is 1. The Bertz CT molecular complexity index is 1810. The number of benzene rings is 3. The molecule has 0 saturated heterocycles. The van der Waals surface area contributed by atoms with E-state index in [0.717, 1.165) is 0 Å². The van der Waals surface area contributed by atoms with Crippen LogP contribution in [0.5, 0.6) is 11.5 Å². The molecule has 11 heteroatoms. The second-order valence-corrected chi connectivity index (χ2v) is 8.61. The summed E-state index contributed by atoms with van der Waals surface area (Å²) < 4.78 is 7.07. The predicted octanol–water partition coefficient (Wildman–Crippen LogP) is 4.40. The first-order valence-electron chi connectivity index (χ1n) is 11.1. The van der Waals surface area contributed by atoms with Gasteiger partial charge in [0.2, 0.25) is 5.78 Å². The van der Waals surface area contributed by atoms with Crippen molar-refractivity contribution in [3.8, 4) is 23.3 Å². The van der Waals surface area contributed by atoms with Gasteiger partial charge in [0.15, 0.2) is 0 Å². The number of hydrogen-bond acceptors (Lipinski definition) is 7. The lowest BCUT2D eigenvalue weighted by Gasteiger charge is -2.10. The summed E-state index contributed by atoms with van der Waals surface area (Å²) in [7, 11) is 0. The van der Waals surface area contributed by atoms with Gasteiger partial charge in [-0.2, -0.15) is 10.4 Å². The van der Waals surface area contributed by atoms with Gasteiger partial charge in [0.25, 0.3) is 5.91 Å². The van der Waals surface area contributed by atoms with Crippen LogP contribution in [0.15, 0.2) is 66.9 Å². The zero-order chi connectivity index (χ0) is 27.0. The zero-order valence-electron chi connectivity index (χ0n) is 19.4. The van der Waals surface area contributed by atoms with Crippen LogP contribution >= 0.6 is 11.6 Å². The Morgan fingerprint density at radius 1 is 1.11 bits per heavy atom. The quantitative estimate of drug-likeness (QED) is 0.209. The van der Waals surface area contributed by atoms with Crippen molar-refractivity contribution in [2.45, 2.75) is 0 Å². The van der Waals surface area contributed by atoms with Crippen LogP contribution in [0.4, 0.5) is 5.82 Å². The van der Waals surface area contributed by atoms with Crippen LogP contribution < -0.4 is 16.2 Å². The Morgan fingerprint density at radius 3 is 2.61 bits per heavy atom. The van der Waals surface area contributed by atoms with Crippen LogP contribution in [-0.4, -0.2) is 32.7 Å². The molecule has 0 aliphatic heterocycles. The van der Waals surface area contributed by atoms with E-state index in [4.69, 9.17) is 33.1 Å². The number of rotatable bonds is 7. The fraction of sp³-hybridized carbons (Fsp3) is 0. The summed E-state index contributed by atoms with van der Waals surface area (Å²) in [5.41, 5.74) is 13.4. The molecule has 186 valence electrons. The molecule has 0 bridgehead atoms. The van der Waals surface area contributed by atoms with Crippen LogP contribution in [0.2, 0.25) is 5.02 Å². The van der Waals surface area contributed by atoms with Gasteiger partial charge in [0.05, 0.1) is 39.7 Å². The fourth-order valence-corrected chi connectivity index (χ4v) is 4.31. The summed E-state index contributed by atoms with van der Waals surface area (Å²) in [4.78, 5) is 39.8. The summed E-state index contributed by atoms with van der Waals surface area (Å²) in [5, 5.41) is 13.9. The van der Waals surface area contributed by atoms with Gasteiger partial charge in [-0.05, 0) is 48.5 Å². The Kier molecular flexibility index (Phi) is 6.12. The summed E-state index contributed by atoms with van der Waals surface area (Å²) in [6.07, 6.45) is 1.89. The highest BCUT2D eigenvalue weighted by molar-refractivity contribution is 6.32. The molecule has 3 aromatic carbocycles. The molecular formula is C27H17ClN6O4. The number of carbonyl (C=O) groups is 3. The van der Waals surface area contributed by atoms with Crippen LogP contribution in [-0.2, 0) is 0 Å². The predicted molar refractivity (Wildman–Crippen MR) is 140 cm³/mol. The van der Waals surface area contributed by atoms with E-state index in [1.54, 1.807) is 54.6 Å². The number of fused-ring (bicyclic) bond motifs is 1. The number of aromatic nitrogens is 3. The molecule has 0 spiro atoms. The number of halogens is 1. The number of aromatic amines is 1. The lowest BCUT2D eigenvalue weighted by Crippen LogP contribution is -2.16. The van der Waals surface area contributed by atoms with Crippen LogP contribution in [0.3, 0.4) is 0 Å². The number of H-pyrrole nitrogens is 1. The molecule has 0 aliphatic carbocycles. The minimum absolute atomic E-state index is 0.0133. The molecule has 5 rings (SSSR count). The van der Waals surface area contributed by atoms with Gasteiger partial charge in [0, 0.05) is 22.5 Å². The molecule has 5 N–H and O–H groups in total. The molecule has 0 unspecified atom stereocenters. The monoisotopic (exact) mass is 524 g/mol. The number of nitrogens with one attached hydrogen (secondary N) is 1. The van der Waals surface area contributed by atoms with Gasteiger partial charge in [0.1, 0.15) is 29.3 Å². The Labute approximate surface area is 220 Å². The van der Waals surface area contributed by atoms with Gasteiger partial charge < -0.3 is 21.2 Å². The van der Waals surface area contributed by atoms with E-state index in [1.807, 2.05) is 6.07 Å². The van der Waals surface area contributed by atoms with Crippen LogP contribution in [0, 0.1) is 11.3 Å². The lowest BCUT2D eigenvalue weighted by molar-refractivity contribution is 0.0981. The second-order valence-electron chi connectivity index (χ2n) is 8.20. The summed E-state index contributed by atoms with van der Waals surface area (Å²) >= 11 is 6.49. The highest BCUT2D eigenvalue weighted by Gasteiger charge is 2.26. The standard InChI is InChI=1S/C27H17ClN6O4/c28-20-10-17(38-16-3-1-2-14(8-16)11-29)5-7-22(20)34-26(30)19(12-32-34)25(36)24-23(27(31)37)18-9-15(13-35)4-6-21(18)33-24/h1-10,12-13,33H,30H2,(H2,31,37). The van der Waals surface area contributed by atoms with Crippen LogP contribution in [0.25, 0.3) is 16.6 Å². The number of nitrogens with two attached hydrogens (primary N) is 2. The van der Waals surface area contributed by atoms with Crippen LogP contribution in [0.1, 0.15) is 42.3 Å². The molecule has 10 nitrogen and oxygen atoms in total. The number of nitriles is 1. The molecule has 2 heterocycles. The average Bonchev–Trinajstić information content (AvgIpc) is 3.48. The maximum atomic E-state index is 13.4. The second kappa shape index (κ2) is 9.57. The van der Waals surface area contributed by atoms with E-state index >= 15 is 0 Å². The Morgan fingerprint density at radius 2 is 1.89 bits per heavy atom. The highest BCUT2D eigenvalue weighted by Crippen LogP contribution is 2.32. The van der Waals surface area contributed by atoms with E-state index in [9.17, 15) is 14.4 Å². The van der Waals surface area contributed by atoms with Gasteiger partial charge in [-0.15, -0.1) is 0 Å². The number of ketones is 1. The van der Waals surface area contributed by atoms with Gasteiger partial charge in [-0.1, -0.05) is 17.7 Å². The van der Waals surface area contributed by atoms with Crippen molar-refractivity contribution in [2.24, 2.45) is 5.73 Å². The molecule has 0 atom stereocenters. The number of nitrogen functional groups attached to an aromatic ring is 1. The number of hydrogen-bond donors (Lipinski definition) is 3. The number of amides is 1. The van der Waals surface area contributed by atoms with E-state index in [0.29, 0.717) is 45.5 Å².